The number of benzene rings is 3. The normalized spacial score (nSPS) is 11.8. The number of ether oxygens (including phenoxy) is 2. The lowest BCUT2D eigenvalue weighted by molar-refractivity contribution is -0.479. The van der Waals surface area contributed by atoms with E-state index in [1.54, 1.807) is 30.3 Å². The third-order valence-corrected chi connectivity index (χ3v) is 7.91. The maximum absolute atomic E-state index is 11.7. The van der Waals surface area contributed by atoms with Gasteiger partial charge in [-0.3, -0.25) is 14.7 Å². The molecule has 0 unspecified atom stereocenters. The number of thioether (sulfide) groups is 1. The van der Waals surface area contributed by atoms with Crippen molar-refractivity contribution in [1.82, 2.24) is 14.8 Å². The van der Waals surface area contributed by atoms with Crippen LogP contribution in [0.1, 0.15) is 40.3 Å². The van der Waals surface area contributed by atoms with Gasteiger partial charge in [0.15, 0.2) is 16.7 Å². The minimum atomic E-state index is -0.548. The molecule has 0 aliphatic heterocycles. The van der Waals surface area contributed by atoms with Crippen LogP contribution in [0.3, 0.4) is 0 Å². The van der Waals surface area contributed by atoms with Gasteiger partial charge in [-0.15, -0.1) is 10.2 Å². The van der Waals surface area contributed by atoms with Gasteiger partial charge in [0.1, 0.15) is 17.7 Å². The number of hydrogen-bond acceptors (Lipinski definition) is 7. The number of rotatable bonds is 11. The first-order chi connectivity index (χ1) is 18.7. The van der Waals surface area contributed by atoms with Gasteiger partial charge in [-0.1, -0.05) is 53.2 Å². The van der Waals surface area contributed by atoms with Crippen LogP contribution in [0.25, 0.3) is 5.69 Å². The van der Waals surface area contributed by atoms with Crippen molar-refractivity contribution in [2.45, 2.75) is 44.7 Å². The van der Waals surface area contributed by atoms with Crippen LogP contribution in [0, 0.1) is 30.9 Å². The summed E-state index contributed by atoms with van der Waals surface area (Å²) >= 11 is 13.6. The molecule has 4 rings (SSSR count). The van der Waals surface area contributed by atoms with Crippen molar-refractivity contribution in [3.05, 3.63) is 103 Å². The highest BCUT2D eigenvalue weighted by Crippen LogP contribution is 2.40. The minimum Gasteiger partial charge on any atom is -0.490 e. The number of halogens is 2. The Bertz CT molecular complexity index is 1490. The van der Waals surface area contributed by atoms with Crippen molar-refractivity contribution in [3.63, 3.8) is 0 Å². The highest BCUT2D eigenvalue weighted by molar-refractivity contribution is 7.99. The average molecular weight is 588 g/mol. The molecule has 0 aliphatic carbocycles. The summed E-state index contributed by atoms with van der Waals surface area (Å²) in [6.07, 6.45) is 0. The van der Waals surface area contributed by atoms with Gasteiger partial charge < -0.3 is 9.47 Å². The van der Waals surface area contributed by atoms with Gasteiger partial charge in [-0.05, 0) is 80.8 Å². The summed E-state index contributed by atoms with van der Waals surface area (Å²) in [6, 6.07) is 16.7. The van der Waals surface area contributed by atoms with E-state index < -0.39 is 5.25 Å². The van der Waals surface area contributed by atoms with E-state index in [4.69, 9.17) is 32.7 Å². The lowest BCUT2D eigenvalue weighted by Gasteiger charge is -2.18. The summed E-state index contributed by atoms with van der Waals surface area (Å²) < 4.78 is 13.8. The lowest BCUT2D eigenvalue weighted by Crippen LogP contribution is -2.12. The Morgan fingerprint density at radius 2 is 1.77 bits per heavy atom. The van der Waals surface area contributed by atoms with Crippen LogP contribution in [-0.2, 0) is 6.61 Å². The predicted molar refractivity (Wildman–Crippen MR) is 154 cm³/mol. The highest BCUT2D eigenvalue weighted by Gasteiger charge is 2.25. The van der Waals surface area contributed by atoms with Gasteiger partial charge in [0.05, 0.1) is 6.61 Å². The summed E-state index contributed by atoms with van der Waals surface area (Å²) in [4.78, 5) is 11.4. The van der Waals surface area contributed by atoms with Crippen molar-refractivity contribution in [1.29, 1.82) is 0 Å². The summed E-state index contributed by atoms with van der Waals surface area (Å²) in [7, 11) is 0. The molecule has 0 bridgehead atoms. The number of hydrogen-bond donors (Lipinski definition) is 0. The second-order valence-corrected chi connectivity index (χ2v) is 10.9. The SMILES string of the molecule is CCOc1cc([C@H](C[N+](=O)[O-])Sc2nnc(C)n2-c2ccc(C)c(C)c2)ccc1OCc1ccc(Cl)cc1Cl. The van der Waals surface area contributed by atoms with Crippen molar-refractivity contribution in [2.24, 2.45) is 0 Å². The second-order valence-electron chi connectivity index (χ2n) is 8.92. The van der Waals surface area contributed by atoms with Crippen LogP contribution in [-0.4, -0.2) is 32.8 Å². The highest BCUT2D eigenvalue weighted by atomic mass is 35.5. The zero-order valence-electron chi connectivity index (χ0n) is 22.0. The van der Waals surface area contributed by atoms with E-state index in [0.29, 0.717) is 44.7 Å². The smallest absolute Gasteiger partial charge is 0.220 e. The van der Waals surface area contributed by atoms with Gasteiger partial charge in [0.2, 0.25) is 6.54 Å². The predicted octanol–water partition coefficient (Wildman–Crippen LogP) is 7.59. The quantitative estimate of drug-likeness (QED) is 0.101. The van der Waals surface area contributed by atoms with Crippen LogP contribution in [0.15, 0.2) is 59.8 Å². The zero-order valence-corrected chi connectivity index (χ0v) is 24.3. The standard InChI is InChI=1S/C28H28Cl2N4O4S/c1-5-37-26-13-20(8-11-25(26)38-16-21-7-9-22(29)14-24(21)30)27(15-33(35)36)39-28-32-31-19(4)34(28)23-10-6-17(2)18(3)12-23/h6-14,27H,5,15-16H2,1-4H3/t27-/m0/s1. The first-order valence-electron chi connectivity index (χ1n) is 12.3. The molecule has 1 atom stereocenters. The molecule has 1 heterocycles. The van der Waals surface area contributed by atoms with E-state index in [9.17, 15) is 10.1 Å². The van der Waals surface area contributed by atoms with Gasteiger partial charge in [-0.25, -0.2) is 0 Å². The number of aryl methyl sites for hydroxylation is 3. The Morgan fingerprint density at radius 1 is 0.974 bits per heavy atom. The molecular weight excluding hydrogens is 559 g/mol. The Hall–Kier alpha value is -3.27. The fourth-order valence-electron chi connectivity index (χ4n) is 3.96. The van der Waals surface area contributed by atoms with E-state index in [1.165, 1.54) is 17.3 Å². The Labute approximate surface area is 241 Å². The second kappa shape index (κ2) is 12.7. The van der Waals surface area contributed by atoms with Crippen molar-refractivity contribution in [2.75, 3.05) is 13.2 Å². The summed E-state index contributed by atoms with van der Waals surface area (Å²) in [5, 5.41) is 21.3. The fourth-order valence-corrected chi connectivity index (χ4v) is 5.59. The molecule has 0 amide bonds. The first-order valence-corrected chi connectivity index (χ1v) is 13.9. The largest absolute Gasteiger partial charge is 0.490 e. The molecule has 1 aromatic heterocycles. The molecule has 204 valence electrons. The van der Waals surface area contributed by atoms with Gasteiger partial charge in [0, 0.05) is 26.2 Å². The van der Waals surface area contributed by atoms with Crippen molar-refractivity contribution in [3.8, 4) is 17.2 Å². The van der Waals surface area contributed by atoms with Gasteiger partial charge >= 0.3 is 0 Å². The van der Waals surface area contributed by atoms with Gasteiger partial charge in [0.25, 0.3) is 0 Å². The number of aromatic nitrogens is 3. The van der Waals surface area contributed by atoms with Crippen LogP contribution < -0.4 is 9.47 Å². The molecule has 3 aromatic carbocycles. The maximum Gasteiger partial charge on any atom is 0.220 e. The molecule has 0 spiro atoms. The van der Waals surface area contributed by atoms with Crippen LogP contribution in [0.4, 0.5) is 0 Å². The van der Waals surface area contributed by atoms with E-state index in [-0.39, 0.29) is 18.1 Å². The third kappa shape index (κ3) is 7.03. The third-order valence-electron chi connectivity index (χ3n) is 6.14. The van der Waals surface area contributed by atoms with E-state index in [2.05, 4.69) is 16.3 Å². The Morgan fingerprint density at radius 3 is 2.46 bits per heavy atom. The molecule has 0 saturated carbocycles. The van der Waals surface area contributed by atoms with Crippen molar-refractivity contribution < 1.29 is 14.4 Å². The maximum atomic E-state index is 11.7. The van der Waals surface area contributed by atoms with Crippen LogP contribution in [0.5, 0.6) is 11.5 Å². The van der Waals surface area contributed by atoms with E-state index in [1.807, 2.05) is 50.5 Å². The fraction of sp³-hybridized carbons (Fsp3) is 0.286. The molecule has 8 nitrogen and oxygen atoms in total. The average Bonchev–Trinajstić information content (AvgIpc) is 3.25. The minimum absolute atomic E-state index is 0.209. The van der Waals surface area contributed by atoms with Gasteiger partial charge in [-0.2, -0.15) is 0 Å². The monoisotopic (exact) mass is 586 g/mol. The van der Waals surface area contributed by atoms with Crippen LogP contribution >= 0.6 is 35.0 Å². The van der Waals surface area contributed by atoms with Crippen LogP contribution in [0.2, 0.25) is 10.0 Å². The molecule has 11 heteroatoms. The summed E-state index contributed by atoms with van der Waals surface area (Å²) in [6.45, 7) is 8.12. The molecular formula is C28H28Cl2N4O4S. The summed E-state index contributed by atoms with van der Waals surface area (Å²) in [5.74, 6) is 1.69. The first kappa shape index (κ1) is 28.7. The number of nitro groups is 1. The number of nitrogens with zero attached hydrogens (tertiary/aromatic N) is 4. The van der Waals surface area contributed by atoms with Crippen molar-refractivity contribution >= 4 is 35.0 Å². The van der Waals surface area contributed by atoms with E-state index >= 15 is 0 Å². The zero-order chi connectivity index (χ0) is 28.1. The molecule has 0 N–H and O–H groups in total. The summed E-state index contributed by atoms with van der Waals surface area (Å²) in [5.41, 5.74) is 4.70. The molecule has 4 aromatic rings. The molecule has 0 fully saturated rings. The molecule has 0 radical (unpaired) electrons. The Balaban J connectivity index is 1.63. The van der Waals surface area contributed by atoms with E-state index in [0.717, 1.165) is 16.8 Å². The molecule has 0 aliphatic rings. The lowest BCUT2D eigenvalue weighted by atomic mass is 10.1. The molecule has 39 heavy (non-hydrogen) atoms. The topological polar surface area (TPSA) is 92.3 Å². The Kier molecular flexibility index (Phi) is 9.37. The molecule has 0 saturated heterocycles.